The Bertz CT molecular complexity index is 842. The number of carbonyl (C=O) groups is 2. The molecule has 8 nitrogen and oxygen atoms in total. The zero-order valence-corrected chi connectivity index (χ0v) is 16.6. The summed E-state index contributed by atoms with van der Waals surface area (Å²) in [6, 6.07) is 14.6. The summed E-state index contributed by atoms with van der Waals surface area (Å²) in [7, 11) is 3.97. The summed E-state index contributed by atoms with van der Waals surface area (Å²) in [6.07, 6.45) is 0. The van der Waals surface area contributed by atoms with Gasteiger partial charge in [-0.15, -0.1) is 0 Å². The summed E-state index contributed by atoms with van der Waals surface area (Å²) in [6.45, 7) is 1.57. The smallest absolute Gasteiger partial charge is 0.325 e. The Labute approximate surface area is 170 Å². The van der Waals surface area contributed by atoms with Crippen molar-refractivity contribution >= 4 is 17.6 Å². The number of amides is 3. The van der Waals surface area contributed by atoms with Crippen LogP contribution in [-0.2, 0) is 4.79 Å². The average molecular weight is 398 g/mol. The van der Waals surface area contributed by atoms with Crippen LogP contribution in [0, 0.1) is 0 Å². The molecule has 3 rings (SSSR count). The average Bonchev–Trinajstić information content (AvgIpc) is 2.71. The molecule has 2 aromatic carbocycles. The molecule has 8 heteroatoms. The fourth-order valence-electron chi connectivity index (χ4n) is 3.05. The Hall–Kier alpha value is -3.10. The maximum absolute atomic E-state index is 12.1. The lowest BCUT2D eigenvalue weighted by Gasteiger charge is -2.25. The second-order valence-corrected chi connectivity index (χ2v) is 6.88. The molecule has 0 radical (unpaired) electrons. The summed E-state index contributed by atoms with van der Waals surface area (Å²) >= 11 is 0. The molecule has 1 heterocycles. The monoisotopic (exact) mass is 398 g/mol. The van der Waals surface area contributed by atoms with Crippen molar-refractivity contribution in [1.29, 1.82) is 0 Å². The van der Waals surface area contributed by atoms with Crippen LogP contribution in [0.15, 0.2) is 48.5 Å². The highest BCUT2D eigenvalue weighted by molar-refractivity contribution is 6.01. The highest BCUT2D eigenvalue weighted by Crippen LogP contribution is 2.32. The molecule has 3 amide bonds. The maximum atomic E-state index is 12.1. The van der Waals surface area contributed by atoms with Crippen LogP contribution in [-0.4, -0.2) is 57.2 Å². The number of anilines is 1. The molecular formula is C21H26N4O4. The number of carbonyl (C=O) groups excluding carboxylic acids is 2. The maximum Gasteiger partial charge on any atom is 0.325 e. The summed E-state index contributed by atoms with van der Waals surface area (Å²) < 4.78 is 10.9. The van der Waals surface area contributed by atoms with Crippen molar-refractivity contribution in [3.8, 4) is 11.5 Å². The van der Waals surface area contributed by atoms with E-state index in [0.29, 0.717) is 36.9 Å². The third kappa shape index (κ3) is 5.94. The third-order valence-corrected chi connectivity index (χ3v) is 4.48. The zero-order valence-electron chi connectivity index (χ0n) is 16.6. The molecule has 1 aliphatic heterocycles. The molecule has 29 heavy (non-hydrogen) atoms. The minimum atomic E-state index is -0.597. The predicted octanol–water partition coefficient (Wildman–Crippen LogP) is 2.00. The van der Waals surface area contributed by atoms with E-state index in [-0.39, 0.29) is 12.6 Å². The van der Waals surface area contributed by atoms with E-state index in [1.807, 2.05) is 44.4 Å². The van der Waals surface area contributed by atoms with Gasteiger partial charge in [-0.25, -0.2) is 4.79 Å². The Morgan fingerprint density at radius 1 is 1.03 bits per heavy atom. The van der Waals surface area contributed by atoms with E-state index < -0.39 is 11.9 Å². The molecule has 1 atom stereocenters. The summed E-state index contributed by atoms with van der Waals surface area (Å²) in [5.74, 6) is 0.791. The van der Waals surface area contributed by atoms with Gasteiger partial charge < -0.3 is 25.0 Å². The van der Waals surface area contributed by atoms with Gasteiger partial charge in [0.15, 0.2) is 11.5 Å². The van der Waals surface area contributed by atoms with Crippen molar-refractivity contribution in [1.82, 2.24) is 15.5 Å². The van der Waals surface area contributed by atoms with E-state index in [1.54, 1.807) is 18.2 Å². The SMILES string of the molecule is CN(C)[C@H](CNCC(=O)NC(=O)Nc1ccc2c(c1)OCCO2)c1ccccc1. The topological polar surface area (TPSA) is 91.9 Å². The Kier molecular flexibility index (Phi) is 7.04. The van der Waals surface area contributed by atoms with Gasteiger partial charge in [0.25, 0.3) is 0 Å². The van der Waals surface area contributed by atoms with Crippen molar-refractivity contribution in [2.45, 2.75) is 6.04 Å². The number of rotatable bonds is 7. The van der Waals surface area contributed by atoms with Crippen molar-refractivity contribution in [3.05, 3.63) is 54.1 Å². The van der Waals surface area contributed by atoms with Gasteiger partial charge in [-0.1, -0.05) is 30.3 Å². The number of nitrogens with zero attached hydrogens (tertiary/aromatic N) is 1. The Morgan fingerprint density at radius 3 is 2.48 bits per heavy atom. The molecule has 2 aromatic rings. The molecule has 0 aromatic heterocycles. The van der Waals surface area contributed by atoms with Gasteiger partial charge >= 0.3 is 6.03 Å². The van der Waals surface area contributed by atoms with E-state index in [1.165, 1.54) is 0 Å². The molecule has 154 valence electrons. The highest BCUT2D eigenvalue weighted by Gasteiger charge is 2.16. The molecule has 0 fully saturated rings. The lowest BCUT2D eigenvalue weighted by Crippen LogP contribution is -2.42. The summed E-state index contributed by atoms with van der Waals surface area (Å²) in [5.41, 5.74) is 1.67. The van der Waals surface area contributed by atoms with Crippen molar-refractivity contribution in [2.75, 3.05) is 45.7 Å². The van der Waals surface area contributed by atoms with Gasteiger partial charge in [0.1, 0.15) is 13.2 Å². The first-order chi connectivity index (χ1) is 14.0. The first-order valence-electron chi connectivity index (χ1n) is 9.45. The van der Waals surface area contributed by atoms with Crippen LogP contribution in [0.25, 0.3) is 0 Å². The van der Waals surface area contributed by atoms with Crippen molar-refractivity contribution in [3.63, 3.8) is 0 Å². The van der Waals surface area contributed by atoms with Crippen LogP contribution in [0.3, 0.4) is 0 Å². The standard InChI is InChI=1S/C21H26N4O4/c1-25(2)17(15-6-4-3-5-7-15)13-22-14-20(26)24-21(27)23-16-8-9-18-19(12-16)29-11-10-28-18/h3-9,12,17,22H,10-11,13-14H2,1-2H3,(H2,23,24,26,27)/t17-/m1/s1. The van der Waals surface area contributed by atoms with Crippen molar-refractivity contribution < 1.29 is 19.1 Å². The molecule has 3 N–H and O–H groups in total. The molecule has 1 aliphatic rings. The number of hydrogen-bond acceptors (Lipinski definition) is 6. The van der Waals surface area contributed by atoms with Crippen LogP contribution in [0.2, 0.25) is 0 Å². The predicted molar refractivity (Wildman–Crippen MR) is 110 cm³/mol. The van der Waals surface area contributed by atoms with Crippen LogP contribution < -0.4 is 25.4 Å². The van der Waals surface area contributed by atoms with Gasteiger partial charge in [0.2, 0.25) is 5.91 Å². The van der Waals surface area contributed by atoms with E-state index in [2.05, 4.69) is 20.9 Å². The lowest BCUT2D eigenvalue weighted by molar-refractivity contribution is -0.119. The quantitative estimate of drug-likeness (QED) is 0.661. The van der Waals surface area contributed by atoms with Crippen LogP contribution in [0.4, 0.5) is 10.5 Å². The van der Waals surface area contributed by atoms with Gasteiger partial charge in [-0.05, 0) is 31.8 Å². The first-order valence-corrected chi connectivity index (χ1v) is 9.45. The lowest BCUT2D eigenvalue weighted by atomic mass is 10.1. The second kappa shape index (κ2) is 9.90. The summed E-state index contributed by atoms with van der Waals surface area (Å²) in [4.78, 5) is 26.2. The molecule has 0 bridgehead atoms. The number of ether oxygens (including phenoxy) is 2. The Morgan fingerprint density at radius 2 is 1.76 bits per heavy atom. The van der Waals surface area contributed by atoms with Gasteiger partial charge in [0, 0.05) is 24.3 Å². The van der Waals surface area contributed by atoms with E-state index >= 15 is 0 Å². The number of likely N-dealkylation sites (N-methyl/N-ethyl adjacent to an activating group) is 1. The summed E-state index contributed by atoms with van der Waals surface area (Å²) in [5, 5.41) is 8.04. The van der Waals surface area contributed by atoms with Crippen molar-refractivity contribution in [2.24, 2.45) is 0 Å². The number of imide groups is 1. The molecule has 0 unspecified atom stereocenters. The third-order valence-electron chi connectivity index (χ3n) is 4.48. The fourth-order valence-corrected chi connectivity index (χ4v) is 3.05. The normalized spacial score (nSPS) is 13.6. The fraction of sp³-hybridized carbons (Fsp3) is 0.333. The largest absolute Gasteiger partial charge is 0.486 e. The number of benzene rings is 2. The molecule has 0 aliphatic carbocycles. The van der Waals surface area contributed by atoms with Gasteiger partial charge in [0.05, 0.1) is 6.54 Å². The van der Waals surface area contributed by atoms with Gasteiger partial charge in [-0.3, -0.25) is 10.1 Å². The number of urea groups is 1. The van der Waals surface area contributed by atoms with Crippen LogP contribution >= 0.6 is 0 Å². The van der Waals surface area contributed by atoms with E-state index in [0.717, 1.165) is 5.56 Å². The number of nitrogens with one attached hydrogen (secondary N) is 3. The molecule has 0 spiro atoms. The van der Waals surface area contributed by atoms with E-state index in [4.69, 9.17) is 9.47 Å². The van der Waals surface area contributed by atoms with Crippen LogP contribution in [0.5, 0.6) is 11.5 Å². The first kappa shape index (κ1) is 20.6. The molecule has 0 saturated heterocycles. The van der Waals surface area contributed by atoms with Crippen LogP contribution in [0.1, 0.15) is 11.6 Å². The molecule has 0 saturated carbocycles. The Balaban J connectivity index is 1.44. The molecular weight excluding hydrogens is 372 g/mol. The minimum Gasteiger partial charge on any atom is -0.486 e. The number of hydrogen-bond donors (Lipinski definition) is 3. The minimum absolute atomic E-state index is 0.0335. The number of fused-ring (bicyclic) bond motifs is 1. The highest BCUT2D eigenvalue weighted by atomic mass is 16.6. The second-order valence-electron chi connectivity index (χ2n) is 6.88. The van der Waals surface area contributed by atoms with E-state index in [9.17, 15) is 9.59 Å². The van der Waals surface area contributed by atoms with Gasteiger partial charge in [-0.2, -0.15) is 0 Å². The zero-order chi connectivity index (χ0) is 20.6.